The Morgan fingerprint density at radius 3 is 1.54 bits per heavy atom. The Morgan fingerprint density at radius 2 is 1.07 bits per heavy atom. The molecule has 5 nitrogen and oxygen atoms in total. The summed E-state index contributed by atoms with van der Waals surface area (Å²) in [6.45, 7) is 3.12. The maximum absolute atomic E-state index is 10.5. The number of aliphatic carboxylic acids is 2. The van der Waals surface area contributed by atoms with E-state index in [1.807, 2.05) is 6.07 Å². The molecule has 1 rings (SSSR count). The Balaban J connectivity index is 2.22. The summed E-state index contributed by atoms with van der Waals surface area (Å²) in [6.07, 6.45) is 11.0. The van der Waals surface area contributed by atoms with Gasteiger partial charge in [0.1, 0.15) is 0 Å². The van der Waals surface area contributed by atoms with E-state index in [0.717, 1.165) is 83.8 Å². The Hall–Kier alpha value is -1.88. The van der Waals surface area contributed by atoms with Crippen LogP contribution in [0.15, 0.2) is 30.3 Å². The normalized spacial score (nSPS) is 11.0. The molecule has 0 heterocycles. The van der Waals surface area contributed by atoms with E-state index in [4.69, 9.17) is 10.2 Å². The summed E-state index contributed by atoms with van der Waals surface area (Å²) in [7, 11) is 0. The smallest absolute Gasteiger partial charge is 0.303 e. The summed E-state index contributed by atoms with van der Waals surface area (Å²) in [6, 6.07) is 10.6. The molecule has 158 valence electrons. The molecule has 0 aliphatic carbocycles. The van der Waals surface area contributed by atoms with Crippen molar-refractivity contribution in [3.63, 3.8) is 0 Å². The van der Waals surface area contributed by atoms with Gasteiger partial charge < -0.3 is 10.2 Å². The molecule has 0 bridgehead atoms. The number of carboxylic acid groups (broad SMARTS) is 2. The first-order chi connectivity index (χ1) is 13.6. The van der Waals surface area contributed by atoms with Crippen molar-refractivity contribution in [2.75, 3.05) is 13.1 Å². The van der Waals surface area contributed by atoms with Crippen molar-refractivity contribution in [2.24, 2.45) is 0 Å². The van der Waals surface area contributed by atoms with Gasteiger partial charge in [-0.25, -0.2) is 0 Å². The zero-order chi connectivity index (χ0) is 20.5. The van der Waals surface area contributed by atoms with Crippen LogP contribution in [-0.2, 0) is 16.1 Å². The number of unbranched alkanes of at least 4 members (excludes halogenated alkanes) is 8. The predicted molar refractivity (Wildman–Crippen MR) is 112 cm³/mol. The molecule has 5 heteroatoms. The highest BCUT2D eigenvalue weighted by Crippen LogP contribution is 2.12. The molecule has 0 spiro atoms. The summed E-state index contributed by atoms with van der Waals surface area (Å²) < 4.78 is 0. The SMILES string of the molecule is O=C(O)CCCCCCCN(CCCCCCCC(=O)O)Cc1ccccc1. The Kier molecular flexibility index (Phi) is 13.9. The number of hydrogen-bond donors (Lipinski definition) is 2. The molecule has 0 saturated heterocycles. The van der Waals surface area contributed by atoms with Crippen molar-refractivity contribution in [2.45, 2.75) is 83.6 Å². The third-order valence-corrected chi connectivity index (χ3v) is 4.98. The van der Waals surface area contributed by atoms with Crippen LogP contribution < -0.4 is 0 Å². The molecule has 0 amide bonds. The fourth-order valence-corrected chi connectivity index (χ4v) is 3.40. The van der Waals surface area contributed by atoms with Gasteiger partial charge in [0.25, 0.3) is 0 Å². The lowest BCUT2D eigenvalue weighted by Crippen LogP contribution is -2.25. The molecular weight excluding hydrogens is 354 g/mol. The predicted octanol–water partition coefficient (Wildman–Crippen LogP) is 5.34. The first kappa shape index (κ1) is 24.2. The first-order valence-electron chi connectivity index (χ1n) is 10.8. The first-order valence-corrected chi connectivity index (χ1v) is 10.8. The summed E-state index contributed by atoms with van der Waals surface area (Å²) in [5, 5.41) is 17.3. The standard InChI is InChI=1S/C23H37NO4/c25-22(26)16-10-3-1-5-12-18-24(20-21-14-8-7-9-15-21)19-13-6-2-4-11-17-23(27)28/h7-9,14-15H,1-6,10-13,16-20H2,(H,25,26)(H,27,28). The molecule has 0 saturated carbocycles. The molecule has 0 atom stereocenters. The Morgan fingerprint density at radius 1 is 0.643 bits per heavy atom. The number of benzene rings is 1. The van der Waals surface area contributed by atoms with Crippen LogP contribution in [0.3, 0.4) is 0 Å². The van der Waals surface area contributed by atoms with E-state index in [-0.39, 0.29) is 12.8 Å². The molecule has 0 unspecified atom stereocenters. The van der Waals surface area contributed by atoms with Crippen LogP contribution in [0.1, 0.15) is 82.6 Å². The van der Waals surface area contributed by atoms with Crippen molar-refractivity contribution in [3.05, 3.63) is 35.9 Å². The Bertz CT molecular complexity index is 505. The van der Waals surface area contributed by atoms with Crippen LogP contribution in [0.2, 0.25) is 0 Å². The molecular formula is C23H37NO4. The third-order valence-electron chi connectivity index (χ3n) is 4.98. The average Bonchev–Trinajstić information content (AvgIpc) is 2.66. The molecule has 1 aromatic rings. The number of nitrogens with zero attached hydrogens (tertiary/aromatic N) is 1. The highest BCUT2D eigenvalue weighted by atomic mass is 16.4. The van der Waals surface area contributed by atoms with Crippen molar-refractivity contribution in [3.8, 4) is 0 Å². The van der Waals surface area contributed by atoms with Gasteiger partial charge in [-0.05, 0) is 44.3 Å². The lowest BCUT2D eigenvalue weighted by Gasteiger charge is -2.22. The van der Waals surface area contributed by atoms with Gasteiger partial charge >= 0.3 is 11.9 Å². The third kappa shape index (κ3) is 14.2. The van der Waals surface area contributed by atoms with Crippen molar-refractivity contribution in [1.82, 2.24) is 4.90 Å². The quantitative estimate of drug-likeness (QED) is 0.330. The van der Waals surface area contributed by atoms with E-state index < -0.39 is 11.9 Å². The van der Waals surface area contributed by atoms with Gasteiger partial charge in [-0.1, -0.05) is 68.9 Å². The molecule has 0 aliphatic heterocycles. The van der Waals surface area contributed by atoms with Crippen molar-refractivity contribution >= 4 is 11.9 Å². The van der Waals surface area contributed by atoms with Crippen LogP contribution >= 0.6 is 0 Å². The van der Waals surface area contributed by atoms with Crippen LogP contribution in [0.5, 0.6) is 0 Å². The molecule has 1 aromatic carbocycles. The second-order valence-electron chi connectivity index (χ2n) is 7.58. The Labute approximate surface area is 169 Å². The zero-order valence-corrected chi connectivity index (χ0v) is 17.2. The lowest BCUT2D eigenvalue weighted by atomic mass is 10.1. The van der Waals surface area contributed by atoms with E-state index in [2.05, 4.69) is 29.2 Å². The maximum Gasteiger partial charge on any atom is 0.303 e. The largest absolute Gasteiger partial charge is 0.481 e. The van der Waals surface area contributed by atoms with Gasteiger partial charge in [0.2, 0.25) is 0 Å². The van der Waals surface area contributed by atoms with Gasteiger partial charge in [-0.15, -0.1) is 0 Å². The van der Waals surface area contributed by atoms with E-state index in [9.17, 15) is 9.59 Å². The fourth-order valence-electron chi connectivity index (χ4n) is 3.40. The van der Waals surface area contributed by atoms with E-state index in [0.29, 0.717) is 0 Å². The summed E-state index contributed by atoms with van der Waals surface area (Å²) >= 11 is 0. The fraction of sp³-hybridized carbons (Fsp3) is 0.652. The minimum Gasteiger partial charge on any atom is -0.481 e. The molecule has 2 N–H and O–H groups in total. The second kappa shape index (κ2) is 16.1. The van der Waals surface area contributed by atoms with Gasteiger partial charge in [0.15, 0.2) is 0 Å². The number of carbonyl (C=O) groups is 2. The zero-order valence-electron chi connectivity index (χ0n) is 17.2. The monoisotopic (exact) mass is 391 g/mol. The van der Waals surface area contributed by atoms with Crippen LogP contribution in [0.25, 0.3) is 0 Å². The number of rotatable bonds is 18. The van der Waals surface area contributed by atoms with E-state index in [1.54, 1.807) is 0 Å². The molecule has 0 aliphatic rings. The molecule has 0 fully saturated rings. The van der Waals surface area contributed by atoms with Crippen LogP contribution in [-0.4, -0.2) is 40.1 Å². The second-order valence-corrected chi connectivity index (χ2v) is 7.58. The van der Waals surface area contributed by atoms with Crippen LogP contribution in [0.4, 0.5) is 0 Å². The minimum absolute atomic E-state index is 0.284. The molecule has 0 radical (unpaired) electrons. The maximum atomic E-state index is 10.5. The number of carboxylic acids is 2. The van der Waals surface area contributed by atoms with Gasteiger partial charge in [-0.3, -0.25) is 14.5 Å². The van der Waals surface area contributed by atoms with Gasteiger partial charge in [-0.2, -0.15) is 0 Å². The van der Waals surface area contributed by atoms with Gasteiger partial charge in [0.05, 0.1) is 0 Å². The lowest BCUT2D eigenvalue weighted by molar-refractivity contribution is -0.138. The molecule has 0 aromatic heterocycles. The van der Waals surface area contributed by atoms with E-state index in [1.165, 1.54) is 5.56 Å². The van der Waals surface area contributed by atoms with E-state index >= 15 is 0 Å². The van der Waals surface area contributed by atoms with Gasteiger partial charge in [0, 0.05) is 19.4 Å². The summed E-state index contributed by atoms with van der Waals surface area (Å²) in [5.74, 6) is -1.39. The minimum atomic E-state index is -0.697. The number of hydrogen-bond acceptors (Lipinski definition) is 3. The highest BCUT2D eigenvalue weighted by molar-refractivity contribution is 5.66. The topological polar surface area (TPSA) is 77.8 Å². The highest BCUT2D eigenvalue weighted by Gasteiger charge is 2.06. The molecule has 28 heavy (non-hydrogen) atoms. The average molecular weight is 392 g/mol. The van der Waals surface area contributed by atoms with Crippen molar-refractivity contribution < 1.29 is 19.8 Å². The summed E-state index contributed by atoms with van der Waals surface area (Å²) in [5.41, 5.74) is 1.34. The van der Waals surface area contributed by atoms with Crippen LogP contribution in [0, 0.1) is 0 Å². The summed E-state index contributed by atoms with van der Waals surface area (Å²) in [4.78, 5) is 23.6. The van der Waals surface area contributed by atoms with Crippen molar-refractivity contribution in [1.29, 1.82) is 0 Å².